The van der Waals surface area contributed by atoms with Gasteiger partial charge in [0.2, 0.25) is 0 Å². The molecule has 1 heterocycles. The van der Waals surface area contributed by atoms with Crippen molar-refractivity contribution in [3.8, 4) is 0 Å². The summed E-state index contributed by atoms with van der Waals surface area (Å²) < 4.78 is 0. The van der Waals surface area contributed by atoms with Gasteiger partial charge < -0.3 is 10.0 Å². The molecule has 0 radical (unpaired) electrons. The number of aliphatic hydroxyl groups is 1. The molecule has 19 heavy (non-hydrogen) atoms. The SMILES string of the molecule is OCc1ccc(N(Cc2cccs2)C2CC2)cc1Cl. The van der Waals surface area contributed by atoms with Gasteiger partial charge in [-0.1, -0.05) is 23.7 Å². The van der Waals surface area contributed by atoms with Gasteiger partial charge in [-0.25, -0.2) is 0 Å². The Morgan fingerprint density at radius 1 is 1.32 bits per heavy atom. The fraction of sp³-hybridized carbons (Fsp3) is 0.333. The molecule has 4 heteroatoms. The van der Waals surface area contributed by atoms with E-state index in [1.165, 1.54) is 17.7 Å². The molecule has 1 aromatic heterocycles. The molecule has 0 saturated heterocycles. The zero-order valence-electron chi connectivity index (χ0n) is 10.6. The van der Waals surface area contributed by atoms with Crippen LogP contribution in [-0.4, -0.2) is 11.1 Å². The molecular weight excluding hydrogens is 278 g/mol. The molecule has 100 valence electrons. The summed E-state index contributed by atoms with van der Waals surface area (Å²) in [7, 11) is 0. The topological polar surface area (TPSA) is 23.5 Å². The quantitative estimate of drug-likeness (QED) is 0.898. The van der Waals surface area contributed by atoms with E-state index in [2.05, 4.69) is 28.5 Å². The van der Waals surface area contributed by atoms with Crippen LogP contribution in [-0.2, 0) is 13.2 Å². The Hall–Kier alpha value is -1.03. The lowest BCUT2D eigenvalue weighted by molar-refractivity contribution is 0.282. The van der Waals surface area contributed by atoms with Crippen LogP contribution in [0.2, 0.25) is 5.02 Å². The van der Waals surface area contributed by atoms with Gasteiger partial charge in [0.1, 0.15) is 0 Å². The molecule has 3 rings (SSSR count). The van der Waals surface area contributed by atoms with Gasteiger partial charge in [-0.05, 0) is 42.0 Å². The number of rotatable bonds is 5. The summed E-state index contributed by atoms with van der Waals surface area (Å²) in [6.45, 7) is 0.935. The second kappa shape index (κ2) is 5.53. The number of anilines is 1. The smallest absolute Gasteiger partial charge is 0.0696 e. The van der Waals surface area contributed by atoms with Crippen molar-refractivity contribution in [2.75, 3.05) is 4.90 Å². The first kappa shape index (κ1) is 13.0. The molecule has 0 aliphatic heterocycles. The van der Waals surface area contributed by atoms with Crippen molar-refractivity contribution in [2.45, 2.75) is 32.0 Å². The Labute approximate surface area is 122 Å². The summed E-state index contributed by atoms with van der Waals surface area (Å²) in [5.74, 6) is 0. The van der Waals surface area contributed by atoms with Crippen molar-refractivity contribution < 1.29 is 5.11 Å². The van der Waals surface area contributed by atoms with Crippen LogP contribution in [0.4, 0.5) is 5.69 Å². The van der Waals surface area contributed by atoms with Crippen LogP contribution < -0.4 is 4.90 Å². The maximum atomic E-state index is 9.18. The monoisotopic (exact) mass is 293 g/mol. The van der Waals surface area contributed by atoms with Crippen molar-refractivity contribution in [1.82, 2.24) is 0 Å². The highest BCUT2D eigenvalue weighted by atomic mass is 35.5. The lowest BCUT2D eigenvalue weighted by atomic mass is 10.2. The third-order valence-corrected chi connectivity index (χ3v) is 4.65. The number of thiophene rings is 1. The highest BCUT2D eigenvalue weighted by molar-refractivity contribution is 7.09. The summed E-state index contributed by atoms with van der Waals surface area (Å²) in [5.41, 5.74) is 1.94. The molecule has 2 aromatic rings. The fourth-order valence-electron chi connectivity index (χ4n) is 2.23. The van der Waals surface area contributed by atoms with Gasteiger partial charge in [0, 0.05) is 21.6 Å². The molecule has 0 atom stereocenters. The van der Waals surface area contributed by atoms with Crippen molar-refractivity contribution in [1.29, 1.82) is 0 Å². The average Bonchev–Trinajstić information content (AvgIpc) is 3.13. The van der Waals surface area contributed by atoms with E-state index >= 15 is 0 Å². The molecule has 1 fully saturated rings. The van der Waals surface area contributed by atoms with Gasteiger partial charge in [0.05, 0.1) is 13.2 Å². The molecule has 0 amide bonds. The molecule has 1 N–H and O–H groups in total. The van der Waals surface area contributed by atoms with E-state index in [1.54, 1.807) is 11.3 Å². The third-order valence-electron chi connectivity index (χ3n) is 3.43. The molecule has 2 nitrogen and oxygen atoms in total. The van der Waals surface area contributed by atoms with E-state index in [9.17, 15) is 5.11 Å². The minimum Gasteiger partial charge on any atom is -0.392 e. The molecule has 0 bridgehead atoms. The normalized spacial score (nSPS) is 14.6. The number of aliphatic hydroxyl groups excluding tert-OH is 1. The Kier molecular flexibility index (Phi) is 3.78. The Morgan fingerprint density at radius 3 is 2.74 bits per heavy atom. The van der Waals surface area contributed by atoms with E-state index in [0.29, 0.717) is 11.1 Å². The molecule has 1 aliphatic carbocycles. The number of hydrogen-bond acceptors (Lipinski definition) is 3. The highest BCUT2D eigenvalue weighted by Crippen LogP contribution is 2.35. The van der Waals surface area contributed by atoms with Crippen LogP contribution in [0, 0.1) is 0 Å². The standard InChI is InChI=1S/C15H16ClNOS/c16-15-8-13(4-3-11(15)10-18)17(12-5-6-12)9-14-2-1-7-19-14/h1-4,7-8,12,18H,5-6,9-10H2. The van der Waals surface area contributed by atoms with Gasteiger partial charge in [0.25, 0.3) is 0 Å². The predicted molar refractivity (Wildman–Crippen MR) is 80.9 cm³/mol. The van der Waals surface area contributed by atoms with Crippen molar-refractivity contribution >= 4 is 28.6 Å². The van der Waals surface area contributed by atoms with Crippen LogP contribution in [0.25, 0.3) is 0 Å². The third kappa shape index (κ3) is 2.94. The molecule has 0 unspecified atom stereocenters. The van der Waals surface area contributed by atoms with Gasteiger partial charge in [-0.3, -0.25) is 0 Å². The molecule has 1 aliphatic rings. The largest absolute Gasteiger partial charge is 0.392 e. The van der Waals surface area contributed by atoms with Gasteiger partial charge in [-0.15, -0.1) is 11.3 Å². The summed E-state index contributed by atoms with van der Waals surface area (Å²) in [5, 5.41) is 11.9. The van der Waals surface area contributed by atoms with Gasteiger partial charge in [0.15, 0.2) is 0 Å². The lowest BCUT2D eigenvalue weighted by Gasteiger charge is -2.24. The first-order valence-electron chi connectivity index (χ1n) is 6.46. The first-order valence-corrected chi connectivity index (χ1v) is 7.72. The summed E-state index contributed by atoms with van der Waals surface area (Å²) in [6, 6.07) is 10.8. The summed E-state index contributed by atoms with van der Waals surface area (Å²) in [4.78, 5) is 3.79. The predicted octanol–water partition coefficient (Wildman–Crippen LogP) is 4.06. The Balaban J connectivity index is 1.85. The number of nitrogens with zero attached hydrogens (tertiary/aromatic N) is 1. The number of benzene rings is 1. The number of halogens is 1. The van der Waals surface area contributed by atoms with Gasteiger partial charge >= 0.3 is 0 Å². The molecule has 0 spiro atoms. The second-order valence-corrected chi connectivity index (χ2v) is 6.31. The van der Waals surface area contributed by atoms with Crippen molar-refractivity contribution in [3.05, 3.63) is 51.2 Å². The zero-order valence-corrected chi connectivity index (χ0v) is 12.1. The van der Waals surface area contributed by atoms with Crippen molar-refractivity contribution in [2.24, 2.45) is 0 Å². The number of hydrogen-bond donors (Lipinski definition) is 1. The van der Waals surface area contributed by atoms with Crippen LogP contribution in [0.1, 0.15) is 23.3 Å². The van der Waals surface area contributed by atoms with E-state index in [0.717, 1.165) is 17.8 Å². The van der Waals surface area contributed by atoms with E-state index in [4.69, 9.17) is 11.6 Å². The van der Waals surface area contributed by atoms with Crippen molar-refractivity contribution in [3.63, 3.8) is 0 Å². The van der Waals surface area contributed by atoms with Crippen LogP contribution in [0.15, 0.2) is 35.7 Å². The maximum absolute atomic E-state index is 9.18. The zero-order chi connectivity index (χ0) is 13.2. The van der Waals surface area contributed by atoms with Crippen LogP contribution in [0.5, 0.6) is 0 Å². The van der Waals surface area contributed by atoms with E-state index in [-0.39, 0.29) is 6.61 Å². The minimum atomic E-state index is -0.00648. The van der Waals surface area contributed by atoms with E-state index in [1.807, 2.05) is 12.1 Å². The molecule has 1 aromatic carbocycles. The van der Waals surface area contributed by atoms with Crippen LogP contribution >= 0.6 is 22.9 Å². The highest BCUT2D eigenvalue weighted by Gasteiger charge is 2.29. The summed E-state index contributed by atoms with van der Waals surface area (Å²) >= 11 is 7.98. The fourth-order valence-corrected chi connectivity index (χ4v) is 3.17. The van der Waals surface area contributed by atoms with Crippen LogP contribution in [0.3, 0.4) is 0 Å². The lowest BCUT2D eigenvalue weighted by Crippen LogP contribution is -2.24. The van der Waals surface area contributed by atoms with E-state index < -0.39 is 0 Å². The Bertz CT molecular complexity index is 551. The average molecular weight is 294 g/mol. The summed E-state index contributed by atoms with van der Waals surface area (Å²) in [6.07, 6.45) is 2.51. The second-order valence-electron chi connectivity index (χ2n) is 4.87. The molecule has 1 saturated carbocycles. The van der Waals surface area contributed by atoms with Gasteiger partial charge in [-0.2, -0.15) is 0 Å². The first-order chi connectivity index (χ1) is 9.28. The molecular formula is C15H16ClNOS. The minimum absolute atomic E-state index is 0.00648. The Morgan fingerprint density at radius 2 is 2.16 bits per heavy atom. The maximum Gasteiger partial charge on any atom is 0.0696 e.